The molecular weight excluding hydrogens is 284 g/mol. The molecule has 0 bridgehead atoms. The summed E-state index contributed by atoms with van der Waals surface area (Å²) in [6, 6.07) is 16.5. The second-order valence-corrected chi connectivity index (χ2v) is 6.11. The summed E-state index contributed by atoms with van der Waals surface area (Å²) in [6.07, 6.45) is 3.94. The van der Waals surface area contributed by atoms with E-state index in [1.54, 1.807) is 0 Å². The van der Waals surface area contributed by atoms with Gasteiger partial charge in [0.25, 0.3) is 5.84 Å². The molecule has 0 aliphatic carbocycles. The molecule has 4 rings (SSSR count). The molecule has 2 aromatic carbocycles. The number of hydrogen-bond donors (Lipinski definition) is 2. The van der Waals surface area contributed by atoms with E-state index in [4.69, 9.17) is 10.7 Å². The lowest BCUT2D eigenvalue weighted by Crippen LogP contribution is -2.76. The van der Waals surface area contributed by atoms with Gasteiger partial charge in [0.15, 0.2) is 0 Å². The predicted molar refractivity (Wildman–Crippen MR) is 94.4 cm³/mol. The van der Waals surface area contributed by atoms with Crippen molar-refractivity contribution in [3.63, 3.8) is 0 Å². The summed E-state index contributed by atoms with van der Waals surface area (Å²) >= 11 is 0. The molecule has 0 atom stereocenters. The predicted octanol–water partition coefficient (Wildman–Crippen LogP) is 1.55. The van der Waals surface area contributed by atoms with Crippen LogP contribution >= 0.6 is 0 Å². The summed E-state index contributed by atoms with van der Waals surface area (Å²) in [4.78, 5) is 10.4. The maximum atomic E-state index is 6.03. The van der Waals surface area contributed by atoms with Gasteiger partial charge in [-0.05, 0) is 55.7 Å². The zero-order chi connectivity index (χ0) is 15.6. The normalized spacial score (nSPS) is 18.9. The molecule has 116 valence electrons. The molecule has 23 heavy (non-hydrogen) atoms. The van der Waals surface area contributed by atoms with Crippen LogP contribution in [0.4, 0.5) is 11.4 Å². The smallest absolute Gasteiger partial charge is 0.269 e. The molecule has 2 aromatic rings. The molecule has 1 saturated heterocycles. The number of rotatable bonds is 2. The standard InChI is InChI=1S/C19H20N4/c20-18-16-6-2-3-7-17(16)19(22-18)21-14-8-10-15(11-9-14)23-12-4-1-5-13-23/h2-3,6-11H,1,4-5,12-13H2,(H2,20,21,22)/p+1. The molecule has 0 spiro atoms. The van der Waals surface area contributed by atoms with Crippen LogP contribution in [0.2, 0.25) is 0 Å². The first-order valence-corrected chi connectivity index (χ1v) is 8.24. The maximum Gasteiger partial charge on any atom is 0.269 e. The van der Waals surface area contributed by atoms with Gasteiger partial charge in [0, 0.05) is 18.8 Å². The molecule has 0 unspecified atom stereocenters. The third-order valence-corrected chi connectivity index (χ3v) is 4.54. The number of amidine groups is 2. The molecule has 3 N–H and O–H groups in total. The van der Waals surface area contributed by atoms with Crippen LogP contribution in [0, 0.1) is 0 Å². The van der Waals surface area contributed by atoms with Gasteiger partial charge in [-0.1, -0.05) is 12.1 Å². The largest absolute Gasteiger partial charge is 0.372 e. The molecule has 2 aliphatic rings. The van der Waals surface area contributed by atoms with Crippen molar-refractivity contribution in [2.45, 2.75) is 19.3 Å². The highest BCUT2D eigenvalue weighted by Gasteiger charge is 2.23. The van der Waals surface area contributed by atoms with Crippen LogP contribution in [0.1, 0.15) is 30.4 Å². The van der Waals surface area contributed by atoms with E-state index >= 15 is 0 Å². The number of nitrogens with zero attached hydrogens (tertiary/aromatic N) is 2. The number of nitrogen functional groups attached to an aromatic ring is 1. The van der Waals surface area contributed by atoms with Crippen LogP contribution < -0.4 is 15.6 Å². The van der Waals surface area contributed by atoms with Crippen molar-refractivity contribution < 1.29 is 4.99 Å². The molecule has 2 aliphatic heterocycles. The van der Waals surface area contributed by atoms with Gasteiger partial charge in [-0.3, -0.25) is 0 Å². The van der Waals surface area contributed by atoms with Crippen molar-refractivity contribution in [1.82, 2.24) is 0 Å². The monoisotopic (exact) mass is 305 g/mol. The van der Waals surface area contributed by atoms with Gasteiger partial charge in [-0.2, -0.15) is 0 Å². The fourth-order valence-corrected chi connectivity index (χ4v) is 3.29. The average molecular weight is 305 g/mol. The average Bonchev–Trinajstić information content (AvgIpc) is 2.93. The van der Waals surface area contributed by atoms with Crippen LogP contribution in [0.5, 0.6) is 0 Å². The Morgan fingerprint density at radius 3 is 2.30 bits per heavy atom. The van der Waals surface area contributed by atoms with Gasteiger partial charge in [0.1, 0.15) is 5.69 Å². The van der Waals surface area contributed by atoms with Crippen LogP contribution in [0.25, 0.3) is 0 Å². The molecule has 4 heteroatoms. The Hall–Kier alpha value is -2.62. The van der Waals surface area contributed by atoms with Crippen LogP contribution in [0.3, 0.4) is 0 Å². The highest BCUT2D eigenvalue weighted by Crippen LogP contribution is 2.23. The number of benzene rings is 2. The molecule has 0 amide bonds. The number of nitrogens with two attached hydrogens (primary N) is 1. The molecule has 4 nitrogen and oxygen atoms in total. The first-order valence-electron chi connectivity index (χ1n) is 8.24. The fourth-order valence-electron chi connectivity index (χ4n) is 3.29. The van der Waals surface area contributed by atoms with Crippen molar-refractivity contribution in [3.05, 3.63) is 59.7 Å². The SMILES string of the molecule is NC1=[NH+]C(=Nc2ccc(N3CCCCC3)cc2)c2ccccc21. The minimum absolute atomic E-state index is 0.671. The Morgan fingerprint density at radius 1 is 0.870 bits per heavy atom. The molecule has 0 aromatic heterocycles. The second-order valence-electron chi connectivity index (χ2n) is 6.11. The van der Waals surface area contributed by atoms with Crippen molar-refractivity contribution in [3.8, 4) is 0 Å². The summed E-state index contributed by atoms with van der Waals surface area (Å²) in [7, 11) is 0. The molecule has 0 radical (unpaired) electrons. The molecule has 1 fully saturated rings. The molecule has 0 saturated carbocycles. The van der Waals surface area contributed by atoms with Crippen molar-refractivity contribution in [2.24, 2.45) is 10.7 Å². The van der Waals surface area contributed by atoms with E-state index in [9.17, 15) is 0 Å². The lowest BCUT2D eigenvalue weighted by Gasteiger charge is -2.28. The zero-order valence-corrected chi connectivity index (χ0v) is 13.1. The van der Waals surface area contributed by atoms with E-state index in [-0.39, 0.29) is 0 Å². The number of anilines is 1. The van der Waals surface area contributed by atoms with E-state index < -0.39 is 0 Å². The number of piperidine rings is 1. The minimum Gasteiger partial charge on any atom is -0.372 e. The van der Waals surface area contributed by atoms with Gasteiger partial charge >= 0.3 is 0 Å². The highest BCUT2D eigenvalue weighted by atomic mass is 15.1. The van der Waals surface area contributed by atoms with E-state index in [0.29, 0.717) is 5.84 Å². The summed E-state index contributed by atoms with van der Waals surface area (Å²) in [5, 5.41) is 0. The fraction of sp³-hybridized carbons (Fsp3) is 0.263. The highest BCUT2D eigenvalue weighted by molar-refractivity contribution is 6.12. The Kier molecular flexibility index (Phi) is 3.58. The van der Waals surface area contributed by atoms with E-state index in [2.05, 4.69) is 34.2 Å². The Balaban J connectivity index is 1.60. The Bertz CT molecular complexity index is 768. The van der Waals surface area contributed by atoms with E-state index in [0.717, 1.165) is 35.7 Å². The summed E-state index contributed by atoms with van der Waals surface area (Å²) in [6.45, 7) is 2.32. The quantitative estimate of drug-likeness (QED) is 0.884. The van der Waals surface area contributed by atoms with Gasteiger partial charge in [0.05, 0.1) is 11.1 Å². The minimum atomic E-state index is 0.671. The topological polar surface area (TPSA) is 55.6 Å². The van der Waals surface area contributed by atoms with Gasteiger partial charge in [-0.25, -0.2) is 4.99 Å². The van der Waals surface area contributed by atoms with Gasteiger partial charge < -0.3 is 10.6 Å². The maximum absolute atomic E-state index is 6.03. The van der Waals surface area contributed by atoms with Crippen LogP contribution in [-0.4, -0.2) is 24.8 Å². The summed E-state index contributed by atoms with van der Waals surface area (Å²) in [5.41, 5.74) is 10.3. The van der Waals surface area contributed by atoms with E-state index in [1.165, 1.54) is 24.9 Å². The molecular formula is C19H21N4+. The van der Waals surface area contributed by atoms with E-state index in [1.807, 2.05) is 24.3 Å². The lowest BCUT2D eigenvalue weighted by atomic mass is 10.1. The van der Waals surface area contributed by atoms with Gasteiger partial charge in [0.2, 0.25) is 5.84 Å². The number of fused-ring (bicyclic) bond motifs is 1. The zero-order valence-electron chi connectivity index (χ0n) is 13.1. The second kappa shape index (κ2) is 5.88. The summed E-state index contributed by atoms with van der Waals surface area (Å²) in [5.74, 6) is 1.49. The first-order chi connectivity index (χ1) is 11.3. The number of hydrogen-bond acceptors (Lipinski definition) is 3. The van der Waals surface area contributed by atoms with Crippen molar-refractivity contribution >= 4 is 23.0 Å². The van der Waals surface area contributed by atoms with Crippen molar-refractivity contribution in [2.75, 3.05) is 18.0 Å². The van der Waals surface area contributed by atoms with Crippen LogP contribution in [-0.2, 0) is 0 Å². The number of aliphatic imine (C=N–C) groups is 1. The Morgan fingerprint density at radius 2 is 1.57 bits per heavy atom. The van der Waals surface area contributed by atoms with Crippen molar-refractivity contribution in [1.29, 1.82) is 0 Å². The lowest BCUT2D eigenvalue weighted by molar-refractivity contribution is -0.311. The van der Waals surface area contributed by atoms with Gasteiger partial charge in [-0.15, -0.1) is 4.99 Å². The Labute approximate surface area is 136 Å². The van der Waals surface area contributed by atoms with Crippen LogP contribution in [0.15, 0.2) is 53.5 Å². The summed E-state index contributed by atoms with van der Waals surface area (Å²) < 4.78 is 0. The third kappa shape index (κ3) is 2.72. The first kappa shape index (κ1) is 14.0. The third-order valence-electron chi connectivity index (χ3n) is 4.54. The molecule has 2 heterocycles. The number of nitrogens with one attached hydrogen (secondary N) is 1.